The zero-order valence-corrected chi connectivity index (χ0v) is 11.9. The Morgan fingerprint density at radius 3 is 2.00 bits per heavy atom. The molecule has 1 aromatic rings. The van der Waals surface area contributed by atoms with E-state index in [0.29, 0.717) is 13.1 Å². The molecule has 1 aliphatic rings. The third-order valence-corrected chi connectivity index (χ3v) is 3.92. The Hall–Kier alpha value is -2.22. The van der Waals surface area contributed by atoms with E-state index in [1.807, 2.05) is 0 Å². The number of rotatable bonds is 3. The second-order valence-corrected chi connectivity index (χ2v) is 5.66. The summed E-state index contributed by atoms with van der Waals surface area (Å²) in [6.45, 7) is 1.22. The zero-order chi connectivity index (χ0) is 15.4. The molecule has 0 aromatic heterocycles. The molecule has 0 bridgehead atoms. The summed E-state index contributed by atoms with van der Waals surface area (Å²) in [6, 6.07) is 3.18. The van der Waals surface area contributed by atoms with Gasteiger partial charge in [-0.25, -0.2) is 14.4 Å². The Morgan fingerprint density at radius 2 is 1.52 bits per heavy atom. The van der Waals surface area contributed by atoms with E-state index in [9.17, 15) is 14.4 Å². The number of hydrogen-bond acceptors (Lipinski definition) is 4. The van der Waals surface area contributed by atoms with Gasteiger partial charge in [-0.3, -0.25) is 0 Å². The molecule has 1 aliphatic heterocycles. The van der Waals surface area contributed by atoms with Gasteiger partial charge in [-0.15, -0.1) is 0 Å². The predicted octanol–water partition coefficient (Wildman–Crippen LogP) is 1.66. The van der Waals surface area contributed by atoms with Gasteiger partial charge in [-0.2, -0.15) is 11.8 Å². The van der Waals surface area contributed by atoms with Crippen molar-refractivity contribution in [3.8, 4) is 0 Å². The quantitative estimate of drug-likeness (QED) is 0.784. The molecule has 0 atom stereocenters. The van der Waals surface area contributed by atoms with Gasteiger partial charge in [0.25, 0.3) is 0 Å². The summed E-state index contributed by atoms with van der Waals surface area (Å²) in [5.74, 6) is -0.794. The maximum absolute atomic E-state index is 12.0. The van der Waals surface area contributed by atoms with Crippen molar-refractivity contribution < 1.29 is 24.6 Å². The third kappa shape index (κ3) is 3.88. The molecule has 0 radical (unpaired) electrons. The number of nitrogens with zero attached hydrogens (tertiary/aromatic N) is 1. The number of carboxylic acids is 2. The first kappa shape index (κ1) is 15.2. The minimum Gasteiger partial charge on any atom is -0.478 e. The van der Waals surface area contributed by atoms with E-state index in [2.05, 4.69) is 5.32 Å². The van der Waals surface area contributed by atoms with Gasteiger partial charge in [0.1, 0.15) is 0 Å². The first-order valence-corrected chi connectivity index (χ1v) is 7.38. The van der Waals surface area contributed by atoms with Gasteiger partial charge in [0, 0.05) is 30.3 Å². The van der Waals surface area contributed by atoms with Crippen LogP contribution >= 0.6 is 11.8 Å². The third-order valence-electron chi connectivity index (χ3n) is 2.98. The molecular weight excluding hydrogens is 296 g/mol. The van der Waals surface area contributed by atoms with Crippen LogP contribution in [0.5, 0.6) is 0 Å². The Morgan fingerprint density at radius 1 is 1.00 bits per heavy atom. The fourth-order valence-electron chi connectivity index (χ4n) is 1.92. The number of urea groups is 1. The van der Waals surface area contributed by atoms with Crippen LogP contribution in [0.2, 0.25) is 0 Å². The van der Waals surface area contributed by atoms with Crippen LogP contribution in [-0.4, -0.2) is 57.7 Å². The molecule has 112 valence electrons. The van der Waals surface area contributed by atoms with Crippen LogP contribution in [0.15, 0.2) is 18.2 Å². The van der Waals surface area contributed by atoms with Gasteiger partial charge in [0.05, 0.1) is 11.1 Å². The second-order valence-electron chi connectivity index (χ2n) is 4.44. The van der Waals surface area contributed by atoms with Crippen LogP contribution in [0.4, 0.5) is 10.5 Å². The summed E-state index contributed by atoms with van der Waals surface area (Å²) in [7, 11) is 0. The Bertz CT molecular complexity index is 552. The standard InChI is InChI=1S/C13H14N2O5S/c16-11(17)8-5-9(12(18)19)7-10(6-8)14-13(20)15-1-3-21-4-2-15/h5-7H,1-4H2,(H,14,20)(H,16,17)(H,18,19). The lowest BCUT2D eigenvalue weighted by Gasteiger charge is -2.26. The summed E-state index contributed by atoms with van der Waals surface area (Å²) in [5, 5.41) is 20.5. The molecule has 1 aromatic carbocycles. The van der Waals surface area contributed by atoms with Gasteiger partial charge in [0.15, 0.2) is 0 Å². The van der Waals surface area contributed by atoms with Crippen molar-refractivity contribution >= 4 is 35.4 Å². The van der Waals surface area contributed by atoms with Crippen LogP contribution in [0.3, 0.4) is 0 Å². The Kier molecular flexibility index (Phi) is 4.69. The lowest BCUT2D eigenvalue weighted by molar-refractivity contribution is 0.0696. The number of benzene rings is 1. The SMILES string of the molecule is O=C(O)c1cc(NC(=O)N2CCSCC2)cc(C(=O)O)c1. The fraction of sp³-hybridized carbons (Fsp3) is 0.308. The van der Waals surface area contributed by atoms with Crippen molar-refractivity contribution in [2.45, 2.75) is 0 Å². The number of amides is 2. The number of hydrogen-bond donors (Lipinski definition) is 3. The number of thioether (sulfide) groups is 1. The van der Waals surface area contributed by atoms with Gasteiger partial charge in [-0.1, -0.05) is 0 Å². The predicted molar refractivity (Wildman–Crippen MR) is 78.3 cm³/mol. The maximum atomic E-state index is 12.0. The van der Waals surface area contributed by atoms with E-state index in [4.69, 9.17) is 10.2 Å². The number of nitrogens with one attached hydrogen (secondary N) is 1. The van der Waals surface area contributed by atoms with Crippen LogP contribution < -0.4 is 5.32 Å². The average molecular weight is 310 g/mol. The molecule has 1 fully saturated rings. The molecule has 0 unspecified atom stereocenters. The van der Waals surface area contributed by atoms with E-state index in [0.717, 1.165) is 17.6 Å². The number of carbonyl (C=O) groups is 3. The van der Waals surface area contributed by atoms with E-state index in [1.54, 1.807) is 16.7 Å². The largest absolute Gasteiger partial charge is 0.478 e. The molecule has 0 saturated carbocycles. The van der Waals surface area contributed by atoms with E-state index >= 15 is 0 Å². The molecular formula is C13H14N2O5S. The molecule has 3 N–H and O–H groups in total. The summed E-state index contributed by atoms with van der Waals surface area (Å²) < 4.78 is 0. The van der Waals surface area contributed by atoms with Crippen LogP contribution in [0.25, 0.3) is 0 Å². The smallest absolute Gasteiger partial charge is 0.335 e. The van der Waals surface area contributed by atoms with Crippen molar-refractivity contribution in [3.05, 3.63) is 29.3 Å². The number of aromatic carboxylic acids is 2. The molecule has 7 nitrogen and oxygen atoms in total. The second kappa shape index (κ2) is 6.49. The molecule has 0 spiro atoms. The van der Waals surface area contributed by atoms with Crippen LogP contribution in [0.1, 0.15) is 20.7 Å². The average Bonchev–Trinajstić information content (AvgIpc) is 2.47. The van der Waals surface area contributed by atoms with Gasteiger partial charge in [-0.05, 0) is 18.2 Å². The first-order chi connectivity index (χ1) is 9.97. The summed E-state index contributed by atoms with van der Waals surface area (Å²) in [6.07, 6.45) is 0. The monoisotopic (exact) mass is 310 g/mol. The lowest BCUT2D eigenvalue weighted by atomic mass is 10.1. The molecule has 1 saturated heterocycles. The molecule has 0 aliphatic carbocycles. The first-order valence-electron chi connectivity index (χ1n) is 6.23. The highest BCUT2D eigenvalue weighted by Crippen LogP contribution is 2.17. The molecule has 2 amide bonds. The topological polar surface area (TPSA) is 107 Å². The minimum absolute atomic E-state index is 0.163. The van der Waals surface area contributed by atoms with Crippen LogP contribution in [-0.2, 0) is 0 Å². The van der Waals surface area contributed by atoms with Gasteiger partial charge in [0.2, 0.25) is 0 Å². The number of carboxylic acid groups (broad SMARTS) is 2. The molecule has 21 heavy (non-hydrogen) atoms. The summed E-state index contributed by atoms with van der Waals surface area (Å²) in [5.41, 5.74) is -0.200. The van der Waals surface area contributed by atoms with Gasteiger partial charge >= 0.3 is 18.0 Å². The van der Waals surface area contributed by atoms with Crippen molar-refractivity contribution in [2.24, 2.45) is 0 Å². The highest BCUT2D eigenvalue weighted by molar-refractivity contribution is 7.99. The van der Waals surface area contributed by atoms with Crippen LogP contribution in [0, 0.1) is 0 Å². The maximum Gasteiger partial charge on any atom is 0.335 e. The van der Waals surface area contributed by atoms with Crippen molar-refractivity contribution in [2.75, 3.05) is 29.9 Å². The fourth-order valence-corrected chi connectivity index (χ4v) is 2.82. The van der Waals surface area contributed by atoms with Crippen molar-refractivity contribution in [1.82, 2.24) is 4.90 Å². The van der Waals surface area contributed by atoms with Crippen molar-refractivity contribution in [1.29, 1.82) is 0 Å². The zero-order valence-electron chi connectivity index (χ0n) is 11.0. The number of anilines is 1. The summed E-state index contributed by atoms with van der Waals surface area (Å²) >= 11 is 1.76. The summed E-state index contributed by atoms with van der Waals surface area (Å²) in [4.78, 5) is 35.6. The molecule has 8 heteroatoms. The number of carbonyl (C=O) groups excluding carboxylic acids is 1. The highest BCUT2D eigenvalue weighted by atomic mass is 32.2. The molecule has 1 heterocycles. The Balaban J connectivity index is 2.20. The molecule has 2 rings (SSSR count). The van der Waals surface area contributed by atoms with E-state index in [1.165, 1.54) is 12.1 Å². The lowest BCUT2D eigenvalue weighted by Crippen LogP contribution is -2.40. The van der Waals surface area contributed by atoms with Gasteiger partial charge < -0.3 is 20.4 Å². The normalized spacial score (nSPS) is 14.6. The van der Waals surface area contributed by atoms with E-state index in [-0.39, 0.29) is 22.8 Å². The highest BCUT2D eigenvalue weighted by Gasteiger charge is 2.18. The van der Waals surface area contributed by atoms with E-state index < -0.39 is 11.9 Å². The minimum atomic E-state index is -1.25. The van der Waals surface area contributed by atoms with Crippen molar-refractivity contribution in [3.63, 3.8) is 0 Å². The Labute approximate surface area is 124 Å².